The van der Waals surface area contributed by atoms with Crippen molar-refractivity contribution in [2.45, 2.75) is 6.54 Å². The summed E-state index contributed by atoms with van der Waals surface area (Å²) in [4.78, 5) is 12.7. The molecule has 2 N–H and O–H groups in total. The Morgan fingerprint density at radius 2 is 1.77 bits per heavy atom. The summed E-state index contributed by atoms with van der Waals surface area (Å²) in [5.74, 6) is 0.402. The van der Waals surface area contributed by atoms with Gasteiger partial charge in [-0.15, -0.1) is 0 Å². The second-order valence-corrected chi connectivity index (χ2v) is 6.18. The second-order valence-electron chi connectivity index (χ2n) is 6.18. The molecule has 0 amide bonds. The van der Waals surface area contributed by atoms with Gasteiger partial charge in [0.1, 0.15) is 11.8 Å². The highest BCUT2D eigenvalue weighted by molar-refractivity contribution is 5.81. The van der Waals surface area contributed by atoms with Crippen LogP contribution in [0.15, 0.2) is 73.4 Å². The number of aromatic nitrogens is 5. The van der Waals surface area contributed by atoms with E-state index >= 15 is 0 Å². The summed E-state index contributed by atoms with van der Waals surface area (Å²) in [6, 6.07) is 18.8. The molecule has 5 aromatic rings. The van der Waals surface area contributed by atoms with E-state index in [9.17, 15) is 0 Å². The number of anilines is 1. The van der Waals surface area contributed by atoms with Crippen LogP contribution in [0.3, 0.4) is 0 Å². The van der Waals surface area contributed by atoms with Crippen LogP contribution in [0.25, 0.3) is 27.9 Å². The Morgan fingerprint density at radius 3 is 2.65 bits per heavy atom. The number of nitrogens with zero attached hydrogens (tertiary/aromatic N) is 5. The minimum absolute atomic E-state index is 0.402. The molecule has 0 radical (unpaired) electrons. The van der Waals surface area contributed by atoms with E-state index in [1.54, 1.807) is 6.33 Å². The average Bonchev–Trinajstić information content (AvgIpc) is 3.25. The lowest BCUT2D eigenvalue weighted by Gasteiger charge is -2.08. The zero-order valence-corrected chi connectivity index (χ0v) is 13.9. The van der Waals surface area contributed by atoms with Gasteiger partial charge in [-0.1, -0.05) is 36.4 Å². The Morgan fingerprint density at radius 1 is 0.923 bits per heavy atom. The van der Waals surface area contributed by atoms with Crippen LogP contribution in [-0.2, 0) is 6.54 Å². The number of rotatable bonds is 3. The van der Waals surface area contributed by atoms with E-state index in [0.29, 0.717) is 17.9 Å². The van der Waals surface area contributed by atoms with Crippen LogP contribution in [0.4, 0.5) is 5.82 Å². The molecule has 0 saturated carbocycles. The van der Waals surface area contributed by atoms with Crippen molar-refractivity contribution in [2.24, 2.45) is 0 Å². The van der Waals surface area contributed by atoms with Gasteiger partial charge in [0.05, 0.1) is 18.6 Å². The summed E-state index contributed by atoms with van der Waals surface area (Å²) in [6.45, 7) is 0.652. The average molecular weight is 340 g/mol. The zero-order chi connectivity index (χ0) is 17.5. The molecule has 1 aromatic carbocycles. The SMILES string of the molecule is Nc1ncnc2c1ncn2Cc1cc2ccccn2c1-c1ccccc1. The van der Waals surface area contributed by atoms with Crippen molar-refractivity contribution in [3.05, 3.63) is 79.0 Å². The van der Waals surface area contributed by atoms with Gasteiger partial charge in [0.2, 0.25) is 0 Å². The molecule has 6 nitrogen and oxygen atoms in total. The molecule has 0 spiro atoms. The number of hydrogen-bond acceptors (Lipinski definition) is 4. The molecule has 126 valence electrons. The molecule has 0 atom stereocenters. The predicted octanol–water partition coefficient (Wildman–Crippen LogP) is 3.38. The lowest BCUT2D eigenvalue weighted by Crippen LogP contribution is -2.01. The Balaban J connectivity index is 1.70. The fraction of sp³-hybridized carbons (Fsp3) is 0.0500. The zero-order valence-electron chi connectivity index (χ0n) is 13.9. The molecular weight excluding hydrogens is 324 g/mol. The first kappa shape index (κ1) is 14.7. The predicted molar refractivity (Wildman–Crippen MR) is 102 cm³/mol. The third-order valence-corrected chi connectivity index (χ3v) is 4.58. The lowest BCUT2D eigenvalue weighted by atomic mass is 10.1. The topological polar surface area (TPSA) is 74.0 Å². The van der Waals surface area contributed by atoms with Gasteiger partial charge in [0.15, 0.2) is 11.5 Å². The summed E-state index contributed by atoms with van der Waals surface area (Å²) in [5, 5.41) is 0. The summed E-state index contributed by atoms with van der Waals surface area (Å²) in [7, 11) is 0. The van der Waals surface area contributed by atoms with E-state index in [4.69, 9.17) is 5.73 Å². The first-order valence-corrected chi connectivity index (χ1v) is 8.37. The number of fused-ring (bicyclic) bond motifs is 2. The summed E-state index contributed by atoms with van der Waals surface area (Å²) in [6.07, 6.45) is 5.34. The molecule has 4 heterocycles. The third kappa shape index (κ3) is 2.23. The van der Waals surface area contributed by atoms with Crippen molar-refractivity contribution in [3.8, 4) is 11.3 Å². The minimum Gasteiger partial charge on any atom is -0.382 e. The molecule has 0 aliphatic heterocycles. The van der Waals surface area contributed by atoms with Crippen LogP contribution in [0.1, 0.15) is 5.56 Å². The van der Waals surface area contributed by atoms with Gasteiger partial charge in [0.25, 0.3) is 0 Å². The van der Waals surface area contributed by atoms with Crippen LogP contribution in [0.2, 0.25) is 0 Å². The molecule has 0 aliphatic carbocycles. The van der Waals surface area contributed by atoms with Gasteiger partial charge in [-0.2, -0.15) is 0 Å². The fourth-order valence-electron chi connectivity index (χ4n) is 3.42. The fourth-order valence-corrected chi connectivity index (χ4v) is 3.42. The maximum atomic E-state index is 5.91. The maximum absolute atomic E-state index is 5.91. The number of imidazole rings is 1. The van der Waals surface area contributed by atoms with Gasteiger partial charge < -0.3 is 14.7 Å². The van der Waals surface area contributed by atoms with Crippen molar-refractivity contribution in [3.63, 3.8) is 0 Å². The van der Waals surface area contributed by atoms with Gasteiger partial charge in [-0.05, 0) is 29.3 Å². The van der Waals surface area contributed by atoms with Gasteiger partial charge >= 0.3 is 0 Å². The highest BCUT2D eigenvalue weighted by Crippen LogP contribution is 2.29. The first-order valence-electron chi connectivity index (χ1n) is 8.37. The van der Waals surface area contributed by atoms with Crippen molar-refractivity contribution >= 4 is 22.5 Å². The van der Waals surface area contributed by atoms with Crippen LogP contribution >= 0.6 is 0 Å². The monoisotopic (exact) mass is 340 g/mol. The second kappa shape index (κ2) is 5.70. The normalized spacial score (nSPS) is 11.4. The van der Waals surface area contributed by atoms with Crippen molar-refractivity contribution < 1.29 is 0 Å². The molecule has 4 aromatic heterocycles. The quantitative estimate of drug-likeness (QED) is 0.546. The van der Waals surface area contributed by atoms with E-state index in [-0.39, 0.29) is 0 Å². The van der Waals surface area contributed by atoms with Crippen LogP contribution < -0.4 is 5.73 Å². The molecule has 26 heavy (non-hydrogen) atoms. The number of hydrogen-bond donors (Lipinski definition) is 1. The van der Waals surface area contributed by atoms with E-state index in [0.717, 1.165) is 11.2 Å². The number of nitrogen functional groups attached to an aromatic ring is 1. The molecular formula is C20H16N6. The van der Waals surface area contributed by atoms with Crippen molar-refractivity contribution in [1.82, 2.24) is 23.9 Å². The molecule has 0 aliphatic rings. The van der Waals surface area contributed by atoms with Crippen LogP contribution in [0, 0.1) is 0 Å². The largest absolute Gasteiger partial charge is 0.382 e. The van der Waals surface area contributed by atoms with E-state index in [1.807, 2.05) is 16.7 Å². The van der Waals surface area contributed by atoms with E-state index < -0.39 is 0 Å². The molecule has 0 unspecified atom stereocenters. The number of nitrogens with two attached hydrogens (primary N) is 1. The number of benzene rings is 1. The Hall–Kier alpha value is -3.67. The summed E-state index contributed by atoms with van der Waals surface area (Å²) in [5.41, 5.74) is 12.0. The number of pyridine rings is 1. The van der Waals surface area contributed by atoms with Crippen molar-refractivity contribution in [1.29, 1.82) is 0 Å². The van der Waals surface area contributed by atoms with Gasteiger partial charge in [0, 0.05) is 11.7 Å². The van der Waals surface area contributed by atoms with E-state index in [2.05, 4.69) is 68.0 Å². The first-order chi connectivity index (χ1) is 12.8. The Kier molecular flexibility index (Phi) is 3.21. The highest BCUT2D eigenvalue weighted by Gasteiger charge is 2.15. The molecule has 0 bridgehead atoms. The molecule has 5 rings (SSSR count). The lowest BCUT2D eigenvalue weighted by molar-refractivity contribution is 0.814. The van der Waals surface area contributed by atoms with Crippen molar-refractivity contribution in [2.75, 3.05) is 5.73 Å². The molecule has 0 fully saturated rings. The van der Waals surface area contributed by atoms with Gasteiger partial charge in [-0.3, -0.25) is 0 Å². The van der Waals surface area contributed by atoms with Crippen LogP contribution in [0.5, 0.6) is 0 Å². The Bertz CT molecular complexity index is 1220. The summed E-state index contributed by atoms with van der Waals surface area (Å²) >= 11 is 0. The standard InChI is InChI=1S/C20H16N6/c21-19-17-20(23-12-22-19)25(13-24-17)11-15-10-16-8-4-5-9-26(16)18(15)14-6-2-1-3-7-14/h1-10,12-13H,11H2,(H2,21,22,23). The smallest absolute Gasteiger partial charge is 0.165 e. The van der Waals surface area contributed by atoms with Gasteiger partial charge in [-0.25, -0.2) is 15.0 Å². The third-order valence-electron chi connectivity index (χ3n) is 4.58. The van der Waals surface area contributed by atoms with E-state index in [1.165, 1.54) is 23.1 Å². The molecule has 0 saturated heterocycles. The summed E-state index contributed by atoms with van der Waals surface area (Å²) < 4.78 is 4.22. The van der Waals surface area contributed by atoms with Crippen LogP contribution in [-0.4, -0.2) is 23.9 Å². The molecule has 6 heteroatoms. The Labute approximate surface area is 149 Å². The maximum Gasteiger partial charge on any atom is 0.165 e. The minimum atomic E-state index is 0.402. The highest BCUT2D eigenvalue weighted by atomic mass is 15.1.